The molecule has 2 heterocycles. The van der Waals surface area contributed by atoms with Crippen LogP contribution in [-0.4, -0.2) is 19.8 Å². The van der Waals surface area contributed by atoms with Crippen LogP contribution >= 0.6 is 0 Å². The molecule has 1 aromatic rings. The normalized spacial score (nSPS) is 21.2. The summed E-state index contributed by atoms with van der Waals surface area (Å²) in [6, 6.07) is 6.79. The third kappa shape index (κ3) is 1.82. The summed E-state index contributed by atoms with van der Waals surface area (Å²) >= 11 is 0. The number of rotatable bonds is 1. The van der Waals surface area contributed by atoms with Crippen molar-refractivity contribution in [2.24, 2.45) is 0 Å². The van der Waals surface area contributed by atoms with E-state index < -0.39 is 0 Å². The van der Waals surface area contributed by atoms with Gasteiger partial charge in [-0.3, -0.25) is 0 Å². The van der Waals surface area contributed by atoms with Gasteiger partial charge in [-0.15, -0.1) is 0 Å². The third-order valence-corrected chi connectivity index (χ3v) is 3.77. The van der Waals surface area contributed by atoms with Gasteiger partial charge in [0.05, 0.1) is 0 Å². The summed E-state index contributed by atoms with van der Waals surface area (Å²) in [5.41, 5.74) is 4.47. The molecule has 1 N–H and O–H groups in total. The lowest BCUT2D eigenvalue weighted by Crippen LogP contribution is -2.19. The molecule has 2 aliphatic rings. The van der Waals surface area contributed by atoms with Crippen LogP contribution in [0.2, 0.25) is 0 Å². The van der Waals surface area contributed by atoms with Crippen molar-refractivity contribution in [3.63, 3.8) is 0 Å². The Hall–Kier alpha value is -1.02. The van der Waals surface area contributed by atoms with Gasteiger partial charge in [-0.1, -0.05) is 18.2 Å². The summed E-state index contributed by atoms with van der Waals surface area (Å²) in [7, 11) is 0. The zero-order chi connectivity index (χ0) is 10.8. The molecule has 0 aliphatic carbocycles. The van der Waals surface area contributed by atoms with Crippen molar-refractivity contribution in [2.45, 2.75) is 31.6 Å². The molecule has 0 aromatic heterocycles. The molecule has 86 valence electrons. The topological polar surface area (TPSA) is 21.3 Å². The van der Waals surface area contributed by atoms with Gasteiger partial charge in [0.2, 0.25) is 0 Å². The Balaban J connectivity index is 1.93. The molecule has 3 rings (SSSR count). The van der Waals surface area contributed by atoms with E-state index in [1.54, 1.807) is 0 Å². The second-order valence-electron chi connectivity index (χ2n) is 4.80. The lowest BCUT2D eigenvalue weighted by atomic mass is 9.87. The maximum absolute atomic E-state index is 5.44. The fourth-order valence-corrected chi connectivity index (χ4v) is 2.88. The molecule has 0 spiro atoms. The summed E-state index contributed by atoms with van der Waals surface area (Å²) in [6.07, 6.45) is 4.86. The van der Waals surface area contributed by atoms with Crippen molar-refractivity contribution in [3.8, 4) is 0 Å². The van der Waals surface area contributed by atoms with E-state index in [0.29, 0.717) is 5.92 Å². The van der Waals surface area contributed by atoms with E-state index in [4.69, 9.17) is 4.74 Å². The van der Waals surface area contributed by atoms with Gasteiger partial charge in [0.15, 0.2) is 0 Å². The molecule has 0 radical (unpaired) electrons. The minimum Gasteiger partial charge on any atom is -0.385 e. The monoisotopic (exact) mass is 217 g/mol. The molecule has 16 heavy (non-hydrogen) atoms. The zero-order valence-corrected chi connectivity index (χ0v) is 9.67. The first-order valence-electron chi connectivity index (χ1n) is 6.38. The van der Waals surface area contributed by atoms with Crippen LogP contribution in [0.5, 0.6) is 0 Å². The molecule has 0 saturated carbocycles. The van der Waals surface area contributed by atoms with Crippen molar-refractivity contribution >= 4 is 5.69 Å². The van der Waals surface area contributed by atoms with E-state index in [1.807, 2.05) is 0 Å². The molecule has 2 heteroatoms. The standard InChI is InChI=1S/C14H19NO/c1-3-12-4-2-8-15-14(12)13(5-1)11-6-9-16-10-7-11/h1,3,5,11,15H,2,4,6-10H2. The lowest BCUT2D eigenvalue weighted by Gasteiger charge is -2.28. The number of aryl methyl sites for hydroxylation is 1. The number of benzene rings is 1. The smallest absolute Gasteiger partial charge is 0.0471 e. The van der Waals surface area contributed by atoms with Crippen LogP contribution in [0.3, 0.4) is 0 Å². The summed E-state index contributed by atoms with van der Waals surface area (Å²) in [5, 5.41) is 3.59. The summed E-state index contributed by atoms with van der Waals surface area (Å²) in [6.45, 7) is 2.98. The van der Waals surface area contributed by atoms with Crippen LogP contribution < -0.4 is 5.32 Å². The molecular weight excluding hydrogens is 198 g/mol. The van der Waals surface area contributed by atoms with Gasteiger partial charge in [0.1, 0.15) is 0 Å². The van der Waals surface area contributed by atoms with Crippen LogP contribution in [0.4, 0.5) is 5.69 Å². The van der Waals surface area contributed by atoms with Gasteiger partial charge in [-0.25, -0.2) is 0 Å². The molecule has 0 unspecified atom stereocenters. The van der Waals surface area contributed by atoms with Crippen molar-refractivity contribution in [1.82, 2.24) is 0 Å². The van der Waals surface area contributed by atoms with Gasteiger partial charge < -0.3 is 10.1 Å². The van der Waals surface area contributed by atoms with E-state index in [1.165, 1.54) is 42.5 Å². The quantitative estimate of drug-likeness (QED) is 0.781. The molecule has 0 atom stereocenters. The van der Waals surface area contributed by atoms with Crippen LogP contribution in [0, 0.1) is 0 Å². The molecule has 1 fully saturated rings. The van der Waals surface area contributed by atoms with Crippen LogP contribution in [-0.2, 0) is 11.2 Å². The molecular formula is C14H19NO. The van der Waals surface area contributed by atoms with E-state index in [0.717, 1.165) is 19.8 Å². The summed E-state index contributed by atoms with van der Waals surface area (Å²) < 4.78 is 5.44. The number of hydrogen-bond donors (Lipinski definition) is 1. The summed E-state index contributed by atoms with van der Waals surface area (Å²) in [5.74, 6) is 0.703. The Bertz CT molecular complexity index is 369. The van der Waals surface area contributed by atoms with E-state index in [-0.39, 0.29) is 0 Å². The Morgan fingerprint density at radius 2 is 2.06 bits per heavy atom. The Kier molecular flexibility index (Phi) is 2.83. The van der Waals surface area contributed by atoms with Crippen molar-refractivity contribution < 1.29 is 4.74 Å². The second-order valence-corrected chi connectivity index (χ2v) is 4.80. The number of anilines is 1. The Morgan fingerprint density at radius 3 is 2.94 bits per heavy atom. The van der Waals surface area contributed by atoms with E-state index in [2.05, 4.69) is 23.5 Å². The number of ether oxygens (including phenoxy) is 1. The number of hydrogen-bond acceptors (Lipinski definition) is 2. The Labute approximate surface area is 97.0 Å². The van der Waals surface area contributed by atoms with E-state index >= 15 is 0 Å². The third-order valence-electron chi connectivity index (χ3n) is 3.77. The first-order valence-corrected chi connectivity index (χ1v) is 6.38. The van der Waals surface area contributed by atoms with Gasteiger partial charge in [-0.05, 0) is 42.7 Å². The SMILES string of the molecule is c1cc2c(c(C3CCOCC3)c1)NCCC2. The van der Waals surface area contributed by atoms with Crippen molar-refractivity contribution in [1.29, 1.82) is 0 Å². The maximum Gasteiger partial charge on any atom is 0.0471 e. The molecule has 1 saturated heterocycles. The molecule has 1 aromatic carbocycles. The second kappa shape index (κ2) is 4.46. The Morgan fingerprint density at radius 1 is 1.19 bits per heavy atom. The highest BCUT2D eigenvalue weighted by molar-refractivity contribution is 5.60. The summed E-state index contributed by atoms with van der Waals surface area (Å²) in [4.78, 5) is 0. The molecule has 2 nitrogen and oxygen atoms in total. The molecule has 0 amide bonds. The van der Waals surface area contributed by atoms with Gasteiger partial charge in [0, 0.05) is 25.4 Å². The fraction of sp³-hybridized carbons (Fsp3) is 0.571. The van der Waals surface area contributed by atoms with Gasteiger partial charge >= 0.3 is 0 Å². The number of fused-ring (bicyclic) bond motifs is 1. The highest BCUT2D eigenvalue weighted by Gasteiger charge is 2.21. The number of para-hydroxylation sites is 1. The van der Waals surface area contributed by atoms with Crippen molar-refractivity contribution in [3.05, 3.63) is 29.3 Å². The number of nitrogens with one attached hydrogen (secondary N) is 1. The lowest BCUT2D eigenvalue weighted by molar-refractivity contribution is 0.0854. The highest BCUT2D eigenvalue weighted by Crippen LogP contribution is 2.35. The average Bonchev–Trinajstić information content (AvgIpc) is 2.39. The average molecular weight is 217 g/mol. The van der Waals surface area contributed by atoms with Crippen LogP contribution in [0.25, 0.3) is 0 Å². The van der Waals surface area contributed by atoms with Crippen molar-refractivity contribution in [2.75, 3.05) is 25.1 Å². The minimum atomic E-state index is 0.703. The van der Waals surface area contributed by atoms with Crippen LogP contribution in [0.15, 0.2) is 18.2 Å². The van der Waals surface area contributed by atoms with Gasteiger partial charge in [0.25, 0.3) is 0 Å². The highest BCUT2D eigenvalue weighted by atomic mass is 16.5. The first kappa shape index (κ1) is 10.2. The maximum atomic E-state index is 5.44. The predicted molar refractivity (Wildman–Crippen MR) is 66.0 cm³/mol. The van der Waals surface area contributed by atoms with Gasteiger partial charge in [-0.2, -0.15) is 0 Å². The van der Waals surface area contributed by atoms with Crippen LogP contribution in [0.1, 0.15) is 36.3 Å². The minimum absolute atomic E-state index is 0.703. The first-order chi connectivity index (χ1) is 7.95. The molecule has 2 aliphatic heterocycles. The predicted octanol–water partition coefficient (Wildman–Crippen LogP) is 2.94. The largest absolute Gasteiger partial charge is 0.385 e. The van der Waals surface area contributed by atoms with E-state index in [9.17, 15) is 0 Å². The molecule has 0 bridgehead atoms. The fourth-order valence-electron chi connectivity index (χ4n) is 2.88. The zero-order valence-electron chi connectivity index (χ0n) is 9.67.